The normalized spacial score (nSPS) is 13.0. The number of nitrogens with one attached hydrogen (secondary N) is 1. The lowest BCUT2D eigenvalue weighted by atomic mass is 9.99. The second-order valence-electron chi connectivity index (χ2n) is 5.56. The molecule has 0 radical (unpaired) electrons. The molecule has 1 N–H and O–H groups in total. The molecule has 1 amide bonds. The van der Waals surface area contributed by atoms with Crippen LogP contribution < -0.4 is 5.32 Å². The van der Waals surface area contributed by atoms with Crippen LogP contribution in [-0.4, -0.2) is 35.9 Å². The van der Waals surface area contributed by atoms with Gasteiger partial charge in [-0.15, -0.1) is 0 Å². The van der Waals surface area contributed by atoms with Crippen molar-refractivity contribution in [3.8, 4) is 0 Å². The molecule has 0 bridgehead atoms. The Bertz CT molecular complexity index is 547. The first-order chi connectivity index (χ1) is 11.5. The minimum Gasteiger partial charge on any atom is -0.467 e. The number of amides is 1. The summed E-state index contributed by atoms with van der Waals surface area (Å²) in [6, 6.07) is 8.99. The summed E-state index contributed by atoms with van der Waals surface area (Å²) >= 11 is 1.13. The predicted octanol–water partition coefficient (Wildman–Crippen LogP) is 2.58. The third-order valence-corrected chi connectivity index (χ3v) is 4.54. The molecule has 5 nitrogen and oxygen atoms in total. The predicted molar refractivity (Wildman–Crippen MR) is 95.6 cm³/mol. The zero-order valence-corrected chi connectivity index (χ0v) is 15.2. The maximum Gasteiger partial charge on any atom is 0.328 e. The minimum atomic E-state index is -0.645. The van der Waals surface area contributed by atoms with Gasteiger partial charge in [0.25, 0.3) is 0 Å². The van der Waals surface area contributed by atoms with E-state index in [-0.39, 0.29) is 16.9 Å². The number of thioether (sulfide) groups is 1. The number of ether oxygens (including phenoxy) is 1. The molecule has 0 fully saturated rings. The number of carbonyl (C=O) groups is 3. The molecule has 132 valence electrons. The highest BCUT2D eigenvalue weighted by molar-refractivity contribution is 8.13. The Labute approximate surface area is 147 Å². The summed E-state index contributed by atoms with van der Waals surface area (Å²) in [5, 5.41) is 2.75. The largest absolute Gasteiger partial charge is 0.467 e. The topological polar surface area (TPSA) is 72.5 Å². The standard InChI is InChI=1S/C18H25NO4S/c1-4-8-16(18(22)23-3)19-17(21)15(12-24-13(2)20)11-14-9-6-5-7-10-14/h5-7,9-10,15-16H,4,8,11-12H2,1-3H3,(H,19,21)/t15-,16-/m0/s1. The number of benzene rings is 1. The second kappa shape index (κ2) is 10.9. The van der Waals surface area contributed by atoms with Crippen LogP contribution in [0.4, 0.5) is 0 Å². The molecule has 6 heteroatoms. The maximum atomic E-state index is 12.6. The van der Waals surface area contributed by atoms with Gasteiger partial charge in [0.1, 0.15) is 6.04 Å². The Hall–Kier alpha value is -1.82. The summed E-state index contributed by atoms with van der Waals surface area (Å²) in [6.45, 7) is 3.42. The lowest BCUT2D eigenvalue weighted by Crippen LogP contribution is -2.45. The number of rotatable bonds is 9. The Morgan fingerprint density at radius 2 is 1.88 bits per heavy atom. The zero-order valence-electron chi connectivity index (χ0n) is 14.4. The quantitative estimate of drug-likeness (QED) is 0.692. The van der Waals surface area contributed by atoms with E-state index in [4.69, 9.17) is 4.74 Å². The molecule has 0 heterocycles. The molecule has 1 aromatic rings. The molecule has 0 aromatic heterocycles. The highest BCUT2D eigenvalue weighted by Gasteiger charge is 2.26. The summed E-state index contributed by atoms with van der Waals surface area (Å²) in [5.41, 5.74) is 1.02. The van der Waals surface area contributed by atoms with Crippen molar-refractivity contribution in [2.24, 2.45) is 5.92 Å². The molecule has 0 aliphatic rings. The van der Waals surface area contributed by atoms with Crippen molar-refractivity contribution in [1.29, 1.82) is 0 Å². The van der Waals surface area contributed by atoms with Gasteiger partial charge in [0.2, 0.25) is 5.91 Å². The van der Waals surface area contributed by atoms with E-state index in [1.54, 1.807) is 0 Å². The van der Waals surface area contributed by atoms with E-state index in [9.17, 15) is 14.4 Å². The van der Waals surface area contributed by atoms with E-state index >= 15 is 0 Å². The lowest BCUT2D eigenvalue weighted by molar-refractivity contribution is -0.145. The summed E-state index contributed by atoms with van der Waals surface area (Å²) < 4.78 is 4.75. The minimum absolute atomic E-state index is 0.0288. The van der Waals surface area contributed by atoms with Crippen LogP contribution in [0.1, 0.15) is 32.3 Å². The molecule has 24 heavy (non-hydrogen) atoms. The third kappa shape index (κ3) is 7.17. The maximum absolute atomic E-state index is 12.6. The zero-order chi connectivity index (χ0) is 17.9. The number of esters is 1. The van der Waals surface area contributed by atoms with Crippen molar-refractivity contribution < 1.29 is 19.1 Å². The molecular weight excluding hydrogens is 326 g/mol. The van der Waals surface area contributed by atoms with E-state index in [2.05, 4.69) is 5.32 Å². The van der Waals surface area contributed by atoms with Crippen molar-refractivity contribution in [2.45, 2.75) is 39.2 Å². The van der Waals surface area contributed by atoms with Gasteiger partial charge in [-0.25, -0.2) is 4.79 Å². The molecule has 1 aromatic carbocycles. The number of hydrogen-bond acceptors (Lipinski definition) is 5. The van der Waals surface area contributed by atoms with Crippen molar-refractivity contribution in [3.63, 3.8) is 0 Å². The van der Waals surface area contributed by atoms with Gasteiger partial charge in [-0.1, -0.05) is 55.4 Å². The van der Waals surface area contributed by atoms with E-state index < -0.39 is 12.0 Å². The monoisotopic (exact) mass is 351 g/mol. The fraction of sp³-hybridized carbons (Fsp3) is 0.500. The summed E-state index contributed by atoms with van der Waals surface area (Å²) in [7, 11) is 1.31. The summed E-state index contributed by atoms with van der Waals surface area (Å²) in [5.74, 6) is -0.666. The first kappa shape index (κ1) is 20.2. The Balaban J connectivity index is 2.81. The first-order valence-electron chi connectivity index (χ1n) is 8.03. The molecular formula is C18H25NO4S. The summed E-state index contributed by atoms with van der Waals surface area (Å²) in [4.78, 5) is 35.7. The van der Waals surface area contributed by atoms with Crippen LogP contribution in [0.25, 0.3) is 0 Å². The summed E-state index contributed by atoms with van der Waals surface area (Å²) in [6.07, 6.45) is 1.80. The Morgan fingerprint density at radius 1 is 1.21 bits per heavy atom. The smallest absolute Gasteiger partial charge is 0.328 e. The second-order valence-corrected chi connectivity index (χ2v) is 6.76. The highest BCUT2D eigenvalue weighted by atomic mass is 32.2. The van der Waals surface area contributed by atoms with Gasteiger partial charge in [0.15, 0.2) is 5.12 Å². The molecule has 0 spiro atoms. The third-order valence-electron chi connectivity index (χ3n) is 3.56. The van der Waals surface area contributed by atoms with Gasteiger partial charge >= 0.3 is 5.97 Å². The molecule has 0 saturated heterocycles. The van der Waals surface area contributed by atoms with Crippen LogP contribution in [0.15, 0.2) is 30.3 Å². The Morgan fingerprint density at radius 3 is 2.42 bits per heavy atom. The van der Waals surface area contributed by atoms with Gasteiger partial charge in [0, 0.05) is 12.7 Å². The van der Waals surface area contributed by atoms with Crippen LogP contribution in [0.3, 0.4) is 0 Å². The van der Waals surface area contributed by atoms with E-state index in [0.29, 0.717) is 18.6 Å². The van der Waals surface area contributed by atoms with Crippen molar-refractivity contribution in [3.05, 3.63) is 35.9 Å². The average molecular weight is 351 g/mol. The average Bonchev–Trinajstić information content (AvgIpc) is 2.58. The van der Waals surface area contributed by atoms with Crippen molar-refractivity contribution in [2.75, 3.05) is 12.9 Å². The van der Waals surface area contributed by atoms with Gasteiger partial charge in [-0.3, -0.25) is 9.59 Å². The molecule has 0 saturated carbocycles. The SMILES string of the molecule is CCC[C@H](NC(=O)[C@H](CSC(C)=O)Cc1ccccc1)C(=O)OC. The molecule has 2 atom stereocenters. The first-order valence-corrected chi connectivity index (χ1v) is 9.02. The van der Waals surface area contributed by atoms with E-state index in [1.165, 1.54) is 14.0 Å². The molecule has 0 aliphatic heterocycles. The van der Waals surface area contributed by atoms with Crippen LogP contribution in [0.2, 0.25) is 0 Å². The fourth-order valence-electron chi connectivity index (χ4n) is 2.31. The van der Waals surface area contributed by atoms with Crippen LogP contribution in [0, 0.1) is 5.92 Å². The van der Waals surface area contributed by atoms with Gasteiger partial charge in [0.05, 0.1) is 13.0 Å². The number of carbonyl (C=O) groups excluding carboxylic acids is 3. The van der Waals surface area contributed by atoms with Crippen molar-refractivity contribution in [1.82, 2.24) is 5.32 Å². The molecule has 1 rings (SSSR count). The fourth-order valence-corrected chi connectivity index (χ4v) is 3.02. The van der Waals surface area contributed by atoms with Gasteiger partial charge < -0.3 is 10.1 Å². The van der Waals surface area contributed by atoms with Gasteiger partial charge in [-0.05, 0) is 18.4 Å². The van der Waals surface area contributed by atoms with E-state index in [1.807, 2.05) is 37.3 Å². The van der Waals surface area contributed by atoms with E-state index in [0.717, 1.165) is 23.7 Å². The van der Waals surface area contributed by atoms with Crippen LogP contribution in [0.5, 0.6) is 0 Å². The van der Waals surface area contributed by atoms with Crippen molar-refractivity contribution >= 4 is 28.8 Å². The Kier molecular flexibility index (Phi) is 9.15. The molecule has 0 unspecified atom stereocenters. The van der Waals surface area contributed by atoms with Crippen LogP contribution in [-0.2, 0) is 25.5 Å². The number of hydrogen-bond donors (Lipinski definition) is 1. The highest BCUT2D eigenvalue weighted by Crippen LogP contribution is 2.16. The lowest BCUT2D eigenvalue weighted by Gasteiger charge is -2.21. The van der Waals surface area contributed by atoms with Crippen LogP contribution >= 0.6 is 11.8 Å². The molecule has 0 aliphatic carbocycles. The van der Waals surface area contributed by atoms with Gasteiger partial charge in [-0.2, -0.15) is 0 Å². The number of methoxy groups -OCH3 is 1.